The lowest BCUT2D eigenvalue weighted by Gasteiger charge is -2.30. The van der Waals surface area contributed by atoms with E-state index in [1.165, 1.54) is 0 Å². The zero-order chi connectivity index (χ0) is 13.9. The van der Waals surface area contributed by atoms with Gasteiger partial charge in [0.15, 0.2) is 11.5 Å². The van der Waals surface area contributed by atoms with Gasteiger partial charge in [-0.2, -0.15) is 0 Å². The monoisotopic (exact) mass is 312 g/mol. The third-order valence-electron chi connectivity index (χ3n) is 3.91. The lowest BCUT2D eigenvalue weighted by molar-refractivity contribution is 0.0903. The fourth-order valence-electron chi connectivity index (χ4n) is 2.73. The lowest BCUT2D eigenvalue weighted by atomic mass is 9.95. The number of para-hydroxylation sites is 1. The Morgan fingerprint density at radius 3 is 2.95 bits per heavy atom. The number of rotatable bonds is 2. The van der Waals surface area contributed by atoms with Crippen molar-refractivity contribution >= 4 is 18.3 Å². The number of amides is 1. The van der Waals surface area contributed by atoms with Gasteiger partial charge in [0.2, 0.25) is 0 Å². The van der Waals surface area contributed by atoms with Crippen molar-refractivity contribution in [3.63, 3.8) is 0 Å². The first-order valence-corrected chi connectivity index (χ1v) is 7.16. The molecule has 3 rings (SSSR count). The predicted molar refractivity (Wildman–Crippen MR) is 82.6 cm³/mol. The summed E-state index contributed by atoms with van der Waals surface area (Å²) in [6.07, 6.45) is 0.958. The van der Waals surface area contributed by atoms with Crippen molar-refractivity contribution in [2.75, 3.05) is 26.3 Å². The number of fused-ring (bicyclic) bond motifs is 1. The zero-order valence-corrected chi connectivity index (χ0v) is 12.9. The van der Waals surface area contributed by atoms with E-state index in [-0.39, 0.29) is 24.4 Å². The molecule has 0 bridgehead atoms. The molecule has 116 valence electrons. The van der Waals surface area contributed by atoms with Crippen LogP contribution in [0, 0.1) is 5.92 Å². The van der Waals surface area contributed by atoms with E-state index >= 15 is 0 Å². The molecule has 0 radical (unpaired) electrons. The molecule has 0 saturated carbocycles. The molecule has 2 atom stereocenters. The molecule has 2 heterocycles. The summed E-state index contributed by atoms with van der Waals surface area (Å²) in [5, 5.41) is 6.45. The number of carbonyl (C=O) groups excluding carboxylic acids is 1. The van der Waals surface area contributed by atoms with Gasteiger partial charge in [-0.05, 0) is 37.6 Å². The molecule has 2 aliphatic rings. The third-order valence-corrected chi connectivity index (χ3v) is 3.91. The Bertz CT molecular complexity index is 510. The Kier molecular flexibility index (Phi) is 5.31. The molecule has 21 heavy (non-hydrogen) atoms. The SMILES string of the molecule is CC1CNCCC1NC(=O)c1cccc2c1OCCO2.Cl. The van der Waals surface area contributed by atoms with Gasteiger partial charge in [0.05, 0.1) is 5.56 Å². The Morgan fingerprint density at radius 1 is 1.33 bits per heavy atom. The second-order valence-electron chi connectivity index (χ2n) is 5.38. The van der Waals surface area contributed by atoms with Crippen LogP contribution in [0.2, 0.25) is 0 Å². The van der Waals surface area contributed by atoms with Crippen molar-refractivity contribution in [2.45, 2.75) is 19.4 Å². The average Bonchev–Trinajstić information content (AvgIpc) is 2.49. The first-order chi connectivity index (χ1) is 9.75. The largest absolute Gasteiger partial charge is 0.486 e. The number of benzene rings is 1. The van der Waals surface area contributed by atoms with Gasteiger partial charge in [0.1, 0.15) is 13.2 Å². The van der Waals surface area contributed by atoms with Gasteiger partial charge >= 0.3 is 0 Å². The fraction of sp³-hybridized carbons (Fsp3) is 0.533. The highest BCUT2D eigenvalue weighted by molar-refractivity contribution is 5.98. The number of nitrogens with one attached hydrogen (secondary N) is 2. The first kappa shape index (κ1) is 15.9. The maximum Gasteiger partial charge on any atom is 0.255 e. The number of hydrogen-bond donors (Lipinski definition) is 2. The fourth-order valence-corrected chi connectivity index (χ4v) is 2.73. The van der Waals surface area contributed by atoms with Crippen LogP contribution in [0.15, 0.2) is 18.2 Å². The molecule has 1 fully saturated rings. The third kappa shape index (κ3) is 3.41. The van der Waals surface area contributed by atoms with Crippen LogP contribution in [-0.2, 0) is 0 Å². The van der Waals surface area contributed by atoms with E-state index < -0.39 is 0 Å². The van der Waals surface area contributed by atoms with Crippen LogP contribution in [-0.4, -0.2) is 38.3 Å². The predicted octanol–water partition coefficient (Wildman–Crippen LogP) is 1.61. The van der Waals surface area contributed by atoms with Crippen molar-refractivity contribution in [1.29, 1.82) is 0 Å². The number of halogens is 1. The standard InChI is InChI=1S/C15H20N2O3.ClH/c1-10-9-16-6-5-12(10)17-15(18)11-3-2-4-13-14(11)20-8-7-19-13;/h2-4,10,12,16H,5-9H2,1H3,(H,17,18);1H. The first-order valence-electron chi connectivity index (χ1n) is 7.16. The summed E-state index contributed by atoms with van der Waals surface area (Å²) in [7, 11) is 0. The van der Waals surface area contributed by atoms with Crippen LogP contribution in [0.25, 0.3) is 0 Å². The molecule has 5 nitrogen and oxygen atoms in total. The van der Waals surface area contributed by atoms with E-state index in [0.29, 0.717) is 36.2 Å². The lowest BCUT2D eigenvalue weighted by Crippen LogP contribution is -2.48. The van der Waals surface area contributed by atoms with Gasteiger partial charge in [-0.3, -0.25) is 4.79 Å². The van der Waals surface area contributed by atoms with Gasteiger partial charge in [0.25, 0.3) is 5.91 Å². The Labute approximate surface area is 130 Å². The maximum atomic E-state index is 12.5. The number of ether oxygens (including phenoxy) is 2. The van der Waals surface area contributed by atoms with Gasteiger partial charge < -0.3 is 20.1 Å². The highest BCUT2D eigenvalue weighted by Crippen LogP contribution is 2.33. The Morgan fingerprint density at radius 2 is 2.14 bits per heavy atom. The molecule has 6 heteroatoms. The molecular weight excluding hydrogens is 292 g/mol. The molecule has 2 aliphatic heterocycles. The number of carbonyl (C=O) groups is 1. The Balaban J connectivity index is 0.00000161. The average molecular weight is 313 g/mol. The maximum absolute atomic E-state index is 12.5. The minimum atomic E-state index is -0.0777. The van der Waals surface area contributed by atoms with E-state index in [2.05, 4.69) is 17.6 Å². The zero-order valence-electron chi connectivity index (χ0n) is 12.1. The van der Waals surface area contributed by atoms with Crippen LogP contribution in [0.4, 0.5) is 0 Å². The molecule has 1 aromatic rings. The van der Waals surface area contributed by atoms with Gasteiger partial charge in [-0.25, -0.2) is 0 Å². The summed E-state index contributed by atoms with van der Waals surface area (Å²) in [4.78, 5) is 12.5. The van der Waals surface area contributed by atoms with Crippen molar-refractivity contribution in [3.05, 3.63) is 23.8 Å². The van der Waals surface area contributed by atoms with Gasteiger partial charge in [-0.15, -0.1) is 12.4 Å². The summed E-state index contributed by atoms with van der Waals surface area (Å²) >= 11 is 0. The molecule has 0 aliphatic carbocycles. The van der Waals surface area contributed by atoms with E-state index in [4.69, 9.17) is 9.47 Å². The van der Waals surface area contributed by atoms with Crippen LogP contribution in [0.1, 0.15) is 23.7 Å². The van der Waals surface area contributed by atoms with Gasteiger partial charge in [-0.1, -0.05) is 13.0 Å². The Hall–Kier alpha value is -1.46. The summed E-state index contributed by atoms with van der Waals surface area (Å²) in [5.74, 6) is 1.58. The van der Waals surface area contributed by atoms with E-state index in [1.54, 1.807) is 6.07 Å². The van der Waals surface area contributed by atoms with Crippen LogP contribution >= 0.6 is 12.4 Å². The number of piperidine rings is 1. The van der Waals surface area contributed by atoms with Crippen molar-refractivity contribution in [1.82, 2.24) is 10.6 Å². The van der Waals surface area contributed by atoms with Gasteiger partial charge in [0, 0.05) is 6.04 Å². The topological polar surface area (TPSA) is 59.6 Å². The summed E-state index contributed by atoms with van der Waals surface area (Å²) < 4.78 is 11.1. The highest BCUT2D eigenvalue weighted by Gasteiger charge is 2.26. The molecule has 0 spiro atoms. The summed E-state index contributed by atoms with van der Waals surface area (Å²) in [5.41, 5.74) is 0.563. The molecule has 1 saturated heterocycles. The molecular formula is C15H21ClN2O3. The minimum Gasteiger partial charge on any atom is -0.486 e. The van der Waals surface area contributed by atoms with E-state index in [1.807, 2.05) is 12.1 Å². The van der Waals surface area contributed by atoms with Crippen LogP contribution in [0.3, 0.4) is 0 Å². The molecule has 1 aromatic carbocycles. The molecule has 2 N–H and O–H groups in total. The van der Waals surface area contributed by atoms with Crippen LogP contribution < -0.4 is 20.1 Å². The van der Waals surface area contributed by atoms with Crippen molar-refractivity contribution in [2.24, 2.45) is 5.92 Å². The van der Waals surface area contributed by atoms with E-state index in [9.17, 15) is 4.79 Å². The quantitative estimate of drug-likeness (QED) is 0.871. The van der Waals surface area contributed by atoms with Crippen molar-refractivity contribution in [3.8, 4) is 11.5 Å². The summed E-state index contributed by atoms with van der Waals surface area (Å²) in [6, 6.07) is 5.66. The minimum absolute atomic E-state index is 0. The molecule has 2 unspecified atom stereocenters. The molecule has 1 amide bonds. The second kappa shape index (κ2) is 7.00. The smallest absolute Gasteiger partial charge is 0.255 e. The second-order valence-corrected chi connectivity index (χ2v) is 5.38. The molecule has 0 aromatic heterocycles. The van der Waals surface area contributed by atoms with Crippen molar-refractivity contribution < 1.29 is 14.3 Å². The number of hydrogen-bond acceptors (Lipinski definition) is 4. The highest BCUT2D eigenvalue weighted by atomic mass is 35.5. The normalized spacial score (nSPS) is 23.9. The van der Waals surface area contributed by atoms with E-state index in [0.717, 1.165) is 19.5 Å². The van der Waals surface area contributed by atoms with Crippen LogP contribution in [0.5, 0.6) is 11.5 Å². The summed E-state index contributed by atoms with van der Waals surface area (Å²) in [6.45, 7) is 5.06.